The van der Waals surface area contributed by atoms with Crippen molar-refractivity contribution in [1.29, 1.82) is 0 Å². The number of ether oxygens (including phenoxy) is 2. The van der Waals surface area contributed by atoms with E-state index in [1.165, 1.54) is 10.7 Å². The van der Waals surface area contributed by atoms with Crippen LogP contribution in [0.4, 0.5) is 11.5 Å². The van der Waals surface area contributed by atoms with Crippen LogP contribution in [-0.4, -0.2) is 43.0 Å². The van der Waals surface area contributed by atoms with E-state index in [-0.39, 0.29) is 17.4 Å². The first-order valence-electron chi connectivity index (χ1n) is 10.6. The van der Waals surface area contributed by atoms with E-state index in [1.54, 1.807) is 62.8 Å². The van der Waals surface area contributed by atoms with Gasteiger partial charge in [0.05, 0.1) is 25.6 Å². The van der Waals surface area contributed by atoms with Crippen molar-refractivity contribution in [3.05, 3.63) is 70.0 Å². The van der Waals surface area contributed by atoms with Crippen molar-refractivity contribution in [1.82, 2.24) is 9.78 Å². The minimum atomic E-state index is -0.234. The highest BCUT2D eigenvalue weighted by molar-refractivity contribution is 6.30. The molecule has 2 heterocycles. The van der Waals surface area contributed by atoms with E-state index in [9.17, 15) is 9.59 Å². The predicted octanol–water partition coefficient (Wildman–Crippen LogP) is 3.76. The van der Waals surface area contributed by atoms with Gasteiger partial charge >= 0.3 is 0 Å². The Morgan fingerprint density at radius 1 is 1.06 bits per heavy atom. The number of benzene rings is 2. The zero-order valence-electron chi connectivity index (χ0n) is 18.5. The molecular formula is C24H25ClN4O4. The van der Waals surface area contributed by atoms with Crippen LogP contribution in [0.2, 0.25) is 5.02 Å². The summed E-state index contributed by atoms with van der Waals surface area (Å²) in [4.78, 5) is 27.3. The number of anilines is 2. The van der Waals surface area contributed by atoms with Crippen molar-refractivity contribution < 1.29 is 14.3 Å². The van der Waals surface area contributed by atoms with Gasteiger partial charge in [-0.15, -0.1) is 5.10 Å². The summed E-state index contributed by atoms with van der Waals surface area (Å²) in [6, 6.07) is 15.5. The third-order valence-electron chi connectivity index (χ3n) is 5.69. The summed E-state index contributed by atoms with van der Waals surface area (Å²) in [5.74, 6) is 1.70. The molecule has 1 saturated heterocycles. The van der Waals surface area contributed by atoms with Crippen LogP contribution in [0.5, 0.6) is 11.5 Å². The molecule has 4 rings (SSSR count). The summed E-state index contributed by atoms with van der Waals surface area (Å²) in [5.41, 5.74) is 0.956. The molecule has 2 aromatic carbocycles. The molecule has 1 fully saturated rings. The number of hydrogen-bond acceptors (Lipinski definition) is 6. The Morgan fingerprint density at radius 3 is 2.55 bits per heavy atom. The van der Waals surface area contributed by atoms with Crippen LogP contribution in [0.15, 0.2) is 59.4 Å². The van der Waals surface area contributed by atoms with Crippen molar-refractivity contribution in [3.63, 3.8) is 0 Å². The number of aromatic nitrogens is 2. The van der Waals surface area contributed by atoms with E-state index in [2.05, 4.69) is 15.3 Å². The molecule has 0 atom stereocenters. The first-order valence-corrected chi connectivity index (χ1v) is 11.0. The molecule has 3 aromatic rings. The average Bonchev–Trinajstić information content (AvgIpc) is 2.84. The maximum Gasteiger partial charge on any atom is 0.271 e. The van der Waals surface area contributed by atoms with Gasteiger partial charge in [0.15, 0.2) is 0 Å². The molecule has 1 amide bonds. The number of carbonyl (C=O) groups excluding carboxylic acids is 1. The van der Waals surface area contributed by atoms with Crippen molar-refractivity contribution in [3.8, 4) is 17.2 Å². The van der Waals surface area contributed by atoms with Crippen LogP contribution >= 0.6 is 11.6 Å². The number of amides is 1. The normalized spacial score (nSPS) is 14.1. The summed E-state index contributed by atoms with van der Waals surface area (Å²) >= 11 is 6.07. The van der Waals surface area contributed by atoms with Gasteiger partial charge in [0.25, 0.3) is 5.56 Å². The molecule has 1 aliphatic rings. The number of hydrogen-bond donors (Lipinski definition) is 1. The highest BCUT2D eigenvalue weighted by atomic mass is 35.5. The van der Waals surface area contributed by atoms with E-state index < -0.39 is 0 Å². The first-order chi connectivity index (χ1) is 16.0. The predicted molar refractivity (Wildman–Crippen MR) is 128 cm³/mol. The molecule has 0 spiro atoms. The molecule has 1 aromatic heterocycles. The van der Waals surface area contributed by atoms with Crippen LogP contribution in [0.1, 0.15) is 12.8 Å². The van der Waals surface area contributed by atoms with Gasteiger partial charge < -0.3 is 19.7 Å². The van der Waals surface area contributed by atoms with Crippen molar-refractivity contribution in [2.45, 2.75) is 12.8 Å². The summed E-state index contributed by atoms with van der Waals surface area (Å²) in [7, 11) is 3.14. The van der Waals surface area contributed by atoms with E-state index >= 15 is 0 Å². The number of carbonyl (C=O) groups is 1. The number of halogens is 1. The summed E-state index contributed by atoms with van der Waals surface area (Å²) in [5, 5.41) is 8.03. The van der Waals surface area contributed by atoms with Crippen LogP contribution in [-0.2, 0) is 4.79 Å². The molecule has 0 radical (unpaired) electrons. The van der Waals surface area contributed by atoms with E-state index in [4.69, 9.17) is 21.1 Å². The minimum Gasteiger partial charge on any atom is -0.497 e. The number of rotatable bonds is 6. The van der Waals surface area contributed by atoms with Gasteiger partial charge in [0.1, 0.15) is 17.3 Å². The Morgan fingerprint density at radius 2 is 1.85 bits per heavy atom. The largest absolute Gasteiger partial charge is 0.497 e. The lowest BCUT2D eigenvalue weighted by Gasteiger charge is -2.32. The van der Waals surface area contributed by atoms with Gasteiger partial charge in [-0.3, -0.25) is 9.59 Å². The second kappa shape index (κ2) is 9.95. The van der Waals surface area contributed by atoms with Crippen molar-refractivity contribution >= 4 is 29.0 Å². The Bertz CT molecular complexity index is 1210. The molecule has 0 unspecified atom stereocenters. The minimum absolute atomic E-state index is 0.0574. The van der Waals surface area contributed by atoms with E-state index in [1.807, 2.05) is 0 Å². The van der Waals surface area contributed by atoms with Gasteiger partial charge in [0.2, 0.25) is 5.91 Å². The molecular weight excluding hydrogens is 444 g/mol. The fourth-order valence-corrected chi connectivity index (χ4v) is 4.06. The fourth-order valence-electron chi connectivity index (χ4n) is 3.88. The first kappa shape index (κ1) is 22.7. The Balaban J connectivity index is 1.44. The van der Waals surface area contributed by atoms with Gasteiger partial charge in [-0.25, -0.2) is 0 Å². The quantitative estimate of drug-likeness (QED) is 0.593. The second-order valence-corrected chi connectivity index (χ2v) is 8.17. The zero-order valence-corrected chi connectivity index (χ0v) is 19.2. The van der Waals surface area contributed by atoms with Gasteiger partial charge in [-0.1, -0.05) is 17.7 Å². The standard InChI is InChI=1S/C24H25ClN4O4/c1-32-19-6-7-21(33-2)20(15-19)26-24(31)16-10-12-28(13-11-16)22-8-9-23(30)29(27-22)18-5-3-4-17(25)14-18/h3-9,14-16H,10-13H2,1-2H3,(H,26,31). The summed E-state index contributed by atoms with van der Waals surface area (Å²) < 4.78 is 11.9. The molecule has 1 N–H and O–H groups in total. The van der Waals surface area contributed by atoms with Crippen LogP contribution in [0, 0.1) is 5.92 Å². The molecule has 8 nitrogen and oxygen atoms in total. The maximum absolute atomic E-state index is 12.9. The topological polar surface area (TPSA) is 85.7 Å². The number of methoxy groups -OCH3 is 2. The zero-order chi connectivity index (χ0) is 23.4. The van der Waals surface area contributed by atoms with Crippen LogP contribution in [0.25, 0.3) is 5.69 Å². The van der Waals surface area contributed by atoms with Crippen molar-refractivity contribution in [2.24, 2.45) is 5.92 Å². The average molecular weight is 469 g/mol. The number of piperidine rings is 1. The highest BCUT2D eigenvalue weighted by Gasteiger charge is 2.26. The maximum atomic E-state index is 12.9. The monoisotopic (exact) mass is 468 g/mol. The molecule has 0 aliphatic carbocycles. The van der Waals surface area contributed by atoms with Gasteiger partial charge in [-0.05, 0) is 49.2 Å². The molecule has 172 valence electrons. The molecule has 0 bridgehead atoms. The fraction of sp³-hybridized carbons (Fsp3) is 0.292. The third kappa shape index (κ3) is 5.12. The molecule has 1 aliphatic heterocycles. The number of nitrogens with one attached hydrogen (secondary N) is 1. The molecule has 9 heteroatoms. The smallest absolute Gasteiger partial charge is 0.271 e. The lowest BCUT2D eigenvalue weighted by Crippen LogP contribution is -2.39. The lowest BCUT2D eigenvalue weighted by molar-refractivity contribution is -0.120. The number of nitrogens with zero attached hydrogens (tertiary/aromatic N) is 3. The Hall–Kier alpha value is -3.52. The third-order valence-corrected chi connectivity index (χ3v) is 5.93. The summed E-state index contributed by atoms with van der Waals surface area (Å²) in [6.07, 6.45) is 1.33. The SMILES string of the molecule is COc1ccc(OC)c(NC(=O)C2CCN(c3ccc(=O)n(-c4cccc(Cl)c4)n3)CC2)c1. The van der Waals surface area contributed by atoms with Gasteiger partial charge in [-0.2, -0.15) is 4.68 Å². The Labute approximate surface area is 196 Å². The van der Waals surface area contributed by atoms with Crippen LogP contribution < -0.4 is 25.2 Å². The lowest BCUT2D eigenvalue weighted by atomic mass is 9.95. The van der Waals surface area contributed by atoms with Gasteiger partial charge in [0, 0.05) is 36.2 Å². The highest BCUT2D eigenvalue weighted by Crippen LogP contribution is 2.30. The molecule has 0 saturated carbocycles. The van der Waals surface area contributed by atoms with E-state index in [0.717, 1.165) is 0 Å². The van der Waals surface area contributed by atoms with Crippen molar-refractivity contribution in [2.75, 3.05) is 37.5 Å². The summed E-state index contributed by atoms with van der Waals surface area (Å²) in [6.45, 7) is 1.29. The van der Waals surface area contributed by atoms with E-state index in [0.29, 0.717) is 59.6 Å². The Kier molecular flexibility index (Phi) is 6.84. The van der Waals surface area contributed by atoms with Crippen LogP contribution in [0.3, 0.4) is 0 Å². The second-order valence-electron chi connectivity index (χ2n) is 7.74. The molecule has 33 heavy (non-hydrogen) atoms.